The summed E-state index contributed by atoms with van der Waals surface area (Å²) in [5, 5.41) is 3.27. The molecule has 0 aromatic heterocycles. The van der Waals surface area contributed by atoms with Gasteiger partial charge in [0.05, 0.1) is 0 Å². The van der Waals surface area contributed by atoms with Gasteiger partial charge in [-0.1, -0.05) is 19.3 Å². The van der Waals surface area contributed by atoms with Crippen LogP contribution in [0.2, 0.25) is 0 Å². The number of carbonyl (C=O) groups excluding carboxylic acids is 1. The molecule has 0 aromatic carbocycles. The van der Waals surface area contributed by atoms with Crippen LogP contribution in [0.3, 0.4) is 0 Å². The molecule has 4 nitrogen and oxygen atoms in total. The van der Waals surface area contributed by atoms with Gasteiger partial charge in [-0.05, 0) is 52.6 Å². The van der Waals surface area contributed by atoms with Gasteiger partial charge in [-0.2, -0.15) is 0 Å². The second kappa shape index (κ2) is 8.35. The Morgan fingerprint density at radius 2 is 1.71 bits per heavy atom. The van der Waals surface area contributed by atoms with E-state index in [9.17, 15) is 4.79 Å². The van der Waals surface area contributed by atoms with Crippen LogP contribution in [0.1, 0.15) is 58.8 Å². The minimum atomic E-state index is -0.142. The molecule has 21 heavy (non-hydrogen) atoms. The summed E-state index contributed by atoms with van der Waals surface area (Å²) in [6, 6.07) is 0.442. The number of nitrogens with zero attached hydrogens (tertiary/aromatic N) is 1. The fraction of sp³-hybridized carbons (Fsp3) is 0.938. The molecule has 1 saturated heterocycles. The highest BCUT2D eigenvalue weighted by Crippen LogP contribution is 2.21. The third-order valence-corrected chi connectivity index (χ3v) is 4.54. The van der Waals surface area contributed by atoms with Crippen molar-refractivity contribution in [3.8, 4) is 0 Å². The fourth-order valence-electron chi connectivity index (χ4n) is 3.50. The molecule has 1 aliphatic heterocycles. The number of likely N-dealkylation sites (tertiary alicyclic amines) is 1. The van der Waals surface area contributed by atoms with Gasteiger partial charge in [-0.3, -0.25) is 4.79 Å². The van der Waals surface area contributed by atoms with Crippen LogP contribution in [-0.4, -0.2) is 42.0 Å². The van der Waals surface area contributed by atoms with Gasteiger partial charge in [0, 0.05) is 24.0 Å². The van der Waals surface area contributed by atoms with Gasteiger partial charge in [0.1, 0.15) is 0 Å². The van der Waals surface area contributed by atoms with Crippen molar-refractivity contribution in [1.29, 1.82) is 0 Å². The van der Waals surface area contributed by atoms with E-state index in [2.05, 4.69) is 24.1 Å². The Balaban J connectivity index is 0.00000220. The molecule has 124 valence electrons. The third-order valence-electron chi connectivity index (χ3n) is 4.54. The predicted molar refractivity (Wildman–Crippen MR) is 89.7 cm³/mol. The Kier molecular flexibility index (Phi) is 7.45. The highest BCUT2D eigenvalue weighted by Gasteiger charge is 2.28. The van der Waals surface area contributed by atoms with Crippen LogP contribution in [0.5, 0.6) is 0 Å². The van der Waals surface area contributed by atoms with E-state index in [4.69, 9.17) is 5.73 Å². The van der Waals surface area contributed by atoms with E-state index >= 15 is 0 Å². The summed E-state index contributed by atoms with van der Waals surface area (Å²) in [6.07, 6.45) is 8.19. The predicted octanol–water partition coefficient (Wildman–Crippen LogP) is 2.31. The number of hydrogen-bond acceptors (Lipinski definition) is 3. The number of halogens is 1. The summed E-state index contributed by atoms with van der Waals surface area (Å²) < 4.78 is 0. The molecule has 1 saturated carbocycles. The first-order chi connectivity index (χ1) is 9.44. The third kappa shape index (κ3) is 6.54. The second-order valence-corrected chi connectivity index (χ2v) is 7.38. The molecule has 1 heterocycles. The standard InChI is InChI=1S/C16H31N3O.ClH/c1-16(2,17)12-19-10-8-13(9-11-19)15(20)18-14-6-4-3-5-7-14;/h13-14H,3-12,17H2,1-2H3,(H,18,20);1H. The van der Waals surface area contributed by atoms with E-state index in [0.717, 1.165) is 32.5 Å². The van der Waals surface area contributed by atoms with Crippen LogP contribution in [0.25, 0.3) is 0 Å². The zero-order valence-corrected chi connectivity index (χ0v) is 14.4. The smallest absolute Gasteiger partial charge is 0.223 e. The number of nitrogens with two attached hydrogens (primary N) is 1. The SMILES string of the molecule is CC(C)(N)CN1CCC(C(=O)NC2CCCCC2)CC1.Cl. The summed E-state index contributed by atoms with van der Waals surface area (Å²) in [7, 11) is 0. The van der Waals surface area contributed by atoms with Crippen LogP contribution in [-0.2, 0) is 4.79 Å². The van der Waals surface area contributed by atoms with Crippen LogP contribution < -0.4 is 11.1 Å². The summed E-state index contributed by atoms with van der Waals surface area (Å²) in [4.78, 5) is 14.7. The lowest BCUT2D eigenvalue weighted by Gasteiger charge is -2.36. The molecule has 0 spiro atoms. The Morgan fingerprint density at radius 3 is 2.24 bits per heavy atom. The number of carbonyl (C=O) groups is 1. The number of amides is 1. The number of nitrogens with one attached hydrogen (secondary N) is 1. The normalized spacial score (nSPS) is 22.6. The highest BCUT2D eigenvalue weighted by atomic mass is 35.5. The van der Waals surface area contributed by atoms with Crippen LogP contribution in [0.15, 0.2) is 0 Å². The summed E-state index contributed by atoms with van der Waals surface area (Å²) >= 11 is 0. The first-order valence-corrected chi connectivity index (χ1v) is 8.26. The van der Waals surface area contributed by atoms with Crippen molar-refractivity contribution >= 4 is 18.3 Å². The van der Waals surface area contributed by atoms with E-state index in [1.807, 2.05) is 0 Å². The monoisotopic (exact) mass is 317 g/mol. The Morgan fingerprint density at radius 1 is 1.14 bits per heavy atom. The minimum absolute atomic E-state index is 0. The molecule has 1 aliphatic carbocycles. The van der Waals surface area contributed by atoms with Crippen molar-refractivity contribution in [2.24, 2.45) is 11.7 Å². The average molecular weight is 318 g/mol. The summed E-state index contributed by atoms with van der Waals surface area (Å²) in [5.74, 6) is 0.512. The van der Waals surface area contributed by atoms with Gasteiger partial charge < -0.3 is 16.0 Å². The molecular formula is C16H32ClN3O. The van der Waals surface area contributed by atoms with Gasteiger partial charge in [0.15, 0.2) is 0 Å². The van der Waals surface area contributed by atoms with Crippen molar-refractivity contribution in [2.45, 2.75) is 70.4 Å². The molecule has 0 aromatic rings. The molecule has 3 N–H and O–H groups in total. The van der Waals surface area contributed by atoms with Crippen LogP contribution in [0, 0.1) is 5.92 Å². The molecule has 0 radical (unpaired) electrons. The Bertz CT molecular complexity index is 316. The van der Waals surface area contributed by atoms with Crippen molar-refractivity contribution in [2.75, 3.05) is 19.6 Å². The van der Waals surface area contributed by atoms with Gasteiger partial charge in [-0.15, -0.1) is 12.4 Å². The molecular weight excluding hydrogens is 286 g/mol. The summed E-state index contributed by atoms with van der Waals surface area (Å²) in [6.45, 7) is 7.06. The number of hydrogen-bond donors (Lipinski definition) is 2. The number of piperidine rings is 1. The maximum Gasteiger partial charge on any atom is 0.223 e. The quantitative estimate of drug-likeness (QED) is 0.836. The lowest BCUT2D eigenvalue weighted by atomic mass is 9.92. The molecule has 0 atom stereocenters. The van der Waals surface area contributed by atoms with Gasteiger partial charge >= 0.3 is 0 Å². The van der Waals surface area contributed by atoms with E-state index < -0.39 is 0 Å². The van der Waals surface area contributed by atoms with Crippen LogP contribution in [0.4, 0.5) is 0 Å². The van der Waals surface area contributed by atoms with Gasteiger partial charge in [0.2, 0.25) is 5.91 Å². The van der Waals surface area contributed by atoms with Crippen molar-refractivity contribution < 1.29 is 4.79 Å². The molecule has 0 unspecified atom stereocenters. The molecule has 2 fully saturated rings. The van der Waals surface area contributed by atoms with E-state index in [-0.39, 0.29) is 23.9 Å². The molecule has 1 amide bonds. The Hall–Kier alpha value is -0.320. The number of rotatable bonds is 4. The molecule has 0 bridgehead atoms. The van der Waals surface area contributed by atoms with Crippen LogP contribution >= 0.6 is 12.4 Å². The first kappa shape index (κ1) is 18.7. The topological polar surface area (TPSA) is 58.4 Å². The zero-order chi connectivity index (χ0) is 14.6. The average Bonchev–Trinajstić information content (AvgIpc) is 2.39. The maximum atomic E-state index is 12.3. The van der Waals surface area contributed by atoms with E-state index in [0.29, 0.717) is 11.9 Å². The highest BCUT2D eigenvalue weighted by molar-refractivity contribution is 5.85. The van der Waals surface area contributed by atoms with Crippen molar-refractivity contribution in [3.63, 3.8) is 0 Å². The zero-order valence-electron chi connectivity index (χ0n) is 13.6. The summed E-state index contributed by atoms with van der Waals surface area (Å²) in [5.41, 5.74) is 5.92. The fourth-order valence-corrected chi connectivity index (χ4v) is 3.50. The largest absolute Gasteiger partial charge is 0.353 e. The van der Waals surface area contributed by atoms with Gasteiger partial charge in [-0.25, -0.2) is 0 Å². The Labute approximate surface area is 135 Å². The lowest BCUT2D eigenvalue weighted by Crippen LogP contribution is -2.50. The minimum Gasteiger partial charge on any atom is -0.353 e. The van der Waals surface area contributed by atoms with E-state index in [1.165, 1.54) is 32.1 Å². The van der Waals surface area contributed by atoms with E-state index in [1.54, 1.807) is 0 Å². The lowest BCUT2D eigenvalue weighted by molar-refractivity contribution is -0.127. The molecule has 5 heteroatoms. The second-order valence-electron chi connectivity index (χ2n) is 7.38. The molecule has 2 aliphatic rings. The molecule has 2 rings (SSSR count). The van der Waals surface area contributed by atoms with Gasteiger partial charge in [0.25, 0.3) is 0 Å². The first-order valence-electron chi connectivity index (χ1n) is 8.26. The van der Waals surface area contributed by atoms with Crippen molar-refractivity contribution in [3.05, 3.63) is 0 Å². The maximum absolute atomic E-state index is 12.3. The van der Waals surface area contributed by atoms with Crippen molar-refractivity contribution in [1.82, 2.24) is 10.2 Å².